The largest absolute Gasteiger partial charge is 0.334 e. The number of aromatic nitrogens is 3. The van der Waals surface area contributed by atoms with Crippen LogP contribution in [-0.2, 0) is 5.54 Å². The number of hydrogen-bond acceptors (Lipinski definition) is 5. The fraction of sp³-hybridized carbons (Fsp3) is 0.312. The van der Waals surface area contributed by atoms with E-state index in [2.05, 4.69) is 15.1 Å². The zero-order chi connectivity index (χ0) is 14.9. The number of pyridine rings is 1. The number of benzene rings is 1. The van der Waals surface area contributed by atoms with Gasteiger partial charge in [-0.3, -0.25) is 4.98 Å². The van der Waals surface area contributed by atoms with Gasteiger partial charge in [-0.15, -0.1) is 0 Å². The monoisotopic (exact) mass is 282 g/mol. The van der Waals surface area contributed by atoms with Crippen molar-refractivity contribution in [1.82, 2.24) is 15.1 Å². The maximum atomic E-state index is 6.30. The van der Waals surface area contributed by atoms with Crippen molar-refractivity contribution in [2.45, 2.75) is 32.2 Å². The Balaban J connectivity index is 2.01. The molecule has 0 saturated carbocycles. The van der Waals surface area contributed by atoms with Crippen LogP contribution in [0, 0.1) is 0 Å². The zero-order valence-electron chi connectivity index (χ0n) is 12.2. The van der Waals surface area contributed by atoms with Crippen molar-refractivity contribution in [1.29, 1.82) is 0 Å². The second-order valence-electron chi connectivity index (χ2n) is 5.20. The Kier molecular flexibility index (Phi) is 3.43. The smallest absolute Gasteiger partial charge is 0.258 e. The summed E-state index contributed by atoms with van der Waals surface area (Å²) >= 11 is 0. The molecule has 0 amide bonds. The van der Waals surface area contributed by atoms with Gasteiger partial charge >= 0.3 is 0 Å². The molecule has 0 unspecified atom stereocenters. The van der Waals surface area contributed by atoms with Crippen LogP contribution in [0.2, 0.25) is 0 Å². The molecule has 2 N–H and O–H groups in total. The van der Waals surface area contributed by atoms with Gasteiger partial charge in [0.05, 0.1) is 11.1 Å². The predicted octanol–water partition coefficient (Wildman–Crippen LogP) is 3.26. The van der Waals surface area contributed by atoms with Crippen molar-refractivity contribution >= 4 is 10.9 Å². The van der Waals surface area contributed by atoms with E-state index in [-0.39, 0.29) is 0 Å². The first-order valence-electron chi connectivity index (χ1n) is 7.14. The molecule has 3 rings (SSSR count). The van der Waals surface area contributed by atoms with Crippen LogP contribution >= 0.6 is 0 Å². The maximum absolute atomic E-state index is 6.30. The highest BCUT2D eigenvalue weighted by Crippen LogP contribution is 2.27. The van der Waals surface area contributed by atoms with E-state index in [1.54, 1.807) is 6.20 Å². The normalized spacial score (nSPS) is 12.0. The fourth-order valence-corrected chi connectivity index (χ4v) is 2.32. The minimum absolute atomic E-state index is 0.493. The lowest BCUT2D eigenvalue weighted by Gasteiger charge is -2.21. The van der Waals surface area contributed by atoms with E-state index in [1.165, 1.54) is 0 Å². The van der Waals surface area contributed by atoms with Gasteiger partial charge in [0.2, 0.25) is 0 Å². The van der Waals surface area contributed by atoms with Gasteiger partial charge < -0.3 is 10.3 Å². The molecule has 0 radical (unpaired) electrons. The van der Waals surface area contributed by atoms with Crippen molar-refractivity contribution < 1.29 is 4.52 Å². The van der Waals surface area contributed by atoms with Gasteiger partial charge in [0.25, 0.3) is 5.89 Å². The van der Waals surface area contributed by atoms with Crippen LogP contribution in [0.25, 0.3) is 22.4 Å². The van der Waals surface area contributed by atoms with E-state index < -0.39 is 5.54 Å². The quantitative estimate of drug-likeness (QED) is 0.794. The average molecular weight is 282 g/mol. The first-order chi connectivity index (χ1) is 10.2. The topological polar surface area (TPSA) is 77.8 Å². The number of rotatable bonds is 4. The molecule has 2 aromatic heterocycles. The van der Waals surface area contributed by atoms with E-state index >= 15 is 0 Å². The summed E-state index contributed by atoms with van der Waals surface area (Å²) in [6.45, 7) is 4.06. The van der Waals surface area contributed by atoms with E-state index in [9.17, 15) is 0 Å². The minimum atomic E-state index is -0.528. The van der Waals surface area contributed by atoms with Crippen LogP contribution in [0.5, 0.6) is 0 Å². The third-order valence-electron chi connectivity index (χ3n) is 3.98. The van der Waals surface area contributed by atoms with Crippen LogP contribution < -0.4 is 5.73 Å². The van der Waals surface area contributed by atoms with E-state index in [1.807, 2.05) is 44.2 Å². The first-order valence-corrected chi connectivity index (χ1v) is 7.14. The molecule has 0 aliphatic rings. The third kappa shape index (κ3) is 2.40. The molecular weight excluding hydrogens is 264 g/mol. The lowest BCUT2D eigenvalue weighted by atomic mass is 9.93. The minimum Gasteiger partial charge on any atom is -0.334 e. The summed E-state index contributed by atoms with van der Waals surface area (Å²) in [6, 6.07) is 9.79. The lowest BCUT2D eigenvalue weighted by molar-refractivity contribution is 0.350. The highest BCUT2D eigenvalue weighted by molar-refractivity contribution is 5.82. The summed E-state index contributed by atoms with van der Waals surface area (Å²) in [7, 11) is 0. The molecule has 0 fully saturated rings. The Bertz CT molecular complexity index is 762. The lowest BCUT2D eigenvalue weighted by Crippen LogP contribution is -2.36. The van der Waals surface area contributed by atoms with E-state index in [0.29, 0.717) is 11.7 Å². The highest BCUT2D eigenvalue weighted by atomic mass is 16.5. The predicted molar refractivity (Wildman–Crippen MR) is 81.5 cm³/mol. The number of fused-ring (bicyclic) bond motifs is 1. The number of nitrogens with two attached hydrogens (primary N) is 1. The molecule has 0 atom stereocenters. The van der Waals surface area contributed by atoms with Crippen molar-refractivity contribution in [2.24, 2.45) is 5.73 Å². The molecule has 0 aliphatic heterocycles. The molecule has 0 saturated heterocycles. The summed E-state index contributed by atoms with van der Waals surface area (Å²) in [5, 5.41) is 5.10. The van der Waals surface area contributed by atoms with Crippen molar-refractivity contribution in [3.63, 3.8) is 0 Å². The molecule has 5 nitrogen and oxygen atoms in total. The van der Waals surface area contributed by atoms with Gasteiger partial charge in [-0.25, -0.2) is 0 Å². The molecule has 0 aliphatic carbocycles. The van der Waals surface area contributed by atoms with Gasteiger partial charge in [-0.2, -0.15) is 4.98 Å². The van der Waals surface area contributed by atoms with Gasteiger partial charge in [0.1, 0.15) is 0 Å². The van der Waals surface area contributed by atoms with Crippen LogP contribution in [0.15, 0.2) is 41.1 Å². The van der Waals surface area contributed by atoms with Crippen LogP contribution in [0.3, 0.4) is 0 Å². The second-order valence-corrected chi connectivity index (χ2v) is 5.20. The van der Waals surface area contributed by atoms with Crippen LogP contribution in [0.1, 0.15) is 32.5 Å². The summed E-state index contributed by atoms with van der Waals surface area (Å²) in [5.74, 6) is 1.06. The van der Waals surface area contributed by atoms with Crippen molar-refractivity contribution in [3.05, 3.63) is 42.4 Å². The first kappa shape index (κ1) is 13.7. The number of hydrogen-bond donors (Lipinski definition) is 1. The molecular formula is C16H18N4O. The van der Waals surface area contributed by atoms with Gasteiger partial charge in [0, 0.05) is 17.1 Å². The Labute approximate surface area is 123 Å². The van der Waals surface area contributed by atoms with Crippen molar-refractivity contribution in [2.75, 3.05) is 0 Å². The summed E-state index contributed by atoms with van der Waals surface area (Å²) in [5.41, 5.74) is 7.60. The molecule has 3 aromatic rings. The Morgan fingerprint density at radius 2 is 2.00 bits per heavy atom. The average Bonchev–Trinajstić information content (AvgIpc) is 3.04. The maximum Gasteiger partial charge on any atom is 0.258 e. The molecule has 1 aromatic carbocycles. The molecule has 0 spiro atoms. The van der Waals surface area contributed by atoms with Crippen molar-refractivity contribution in [3.8, 4) is 11.5 Å². The van der Waals surface area contributed by atoms with Crippen LogP contribution in [0.4, 0.5) is 0 Å². The molecule has 0 bridgehead atoms. The second kappa shape index (κ2) is 5.26. The molecule has 108 valence electrons. The Hall–Kier alpha value is -2.27. The molecule has 21 heavy (non-hydrogen) atoms. The van der Waals surface area contributed by atoms with E-state index in [0.717, 1.165) is 29.3 Å². The third-order valence-corrected chi connectivity index (χ3v) is 3.98. The summed E-state index contributed by atoms with van der Waals surface area (Å²) in [4.78, 5) is 8.78. The molecule has 5 heteroatoms. The summed E-state index contributed by atoms with van der Waals surface area (Å²) in [6.07, 6.45) is 3.31. The standard InChI is InChI=1S/C16H18N4O/c1-3-16(17,4-2)15-19-14(21-20-15)12-7-8-13-11(10-12)6-5-9-18-13/h5-10H,3-4,17H2,1-2H3. The SMILES string of the molecule is CCC(N)(CC)c1noc(-c2ccc3ncccc3c2)n1. The fourth-order valence-electron chi connectivity index (χ4n) is 2.32. The zero-order valence-corrected chi connectivity index (χ0v) is 12.2. The Morgan fingerprint density at radius 3 is 2.76 bits per heavy atom. The van der Waals surface area contributed by atoms with Gasteiger partial charge in [-0.05, 0) is 37.1 Å². The Morgan fingerprint density at radius 1 is 1.19 bits per heavy atom. The summed E-state index contributed by atoms with van der Waals surface area (Å²) < 4.78 is 5.39. The van der Waals surface area contributed by atoms with E-state index in [4.69, 9.17) is 10.3 Å². The molecule has 2 heterocycles. The van der Waals surface area contributed by atoms with Crippen LogP contribution in [-0.4, -0.2) is 15.1 Å². The number of nitrogens with zero attached hydrogens (tertiary/aromatic N) is 3. The van der Waals surface area contributed by atoms with Gasteiger partial charge in [0.15, 0.2) is 5.82 Å². The highest BCUT2D eigenvalue weighted by Gasteiger charge is 2.29. The van der Waals surface area contributed by atoms with Gasteiger partial charge in [-0.1, -0.05) is 25.1 Å².